The summed E-state index contributed by atoms with van der Waals surface area (Å²) < 4.78 is 0. The zero-order valence-corrected chi connectivity index (χ0v) is 10.6. The van der Waals surface area contributed by atoms with Crippen LogP contribution in [0.3, 0.4) is 0 Å². The van der Waals surface area contributed by atoms with E-state index in [-0.39, 0.29) is 95.3 Å². The van der Waals surface area contributed by atoms with Gasteiger partial charge in [0.05, 0.1) is 26.2 Å². The Kier molecular flexibility index (Phi) is 23.7. The molecule has 0 radical (unpaired) electrons. The molecule has 0 unspecified atom stereocenters. The van der Waals surface area contributed by atoms with Gasteiger partial charge < -0.3 is 20.4 Å². The summed E-state index contributed by atoms with van der Waals surface area (Å²) in [7, 11) is 0. The van der Waals surface area contributed by atoms with Gasteiger partial charge in [-0.3, -0.25) is 29.0 Å². The number of hydrogen-bond donors (Lipinski definition) is 4. The summed E-state index contributed by atoms with van der Waals surface area (Å²) in [5, 5.41) is 34.5. The van der Waals surface area contributed by atoms with Crippen molar-refractivity contribution in [1.82, 2.24) is 9.80 Å². The van der Waals surface area contributed by atoms with E-state index in [2.05, 4.69) is 0 Å². The molecule has 0 rings (SSSR count). The van der Waals surface area contributed by atoms with Crippen LogP contribution >= 0.6 is 0 Å². The van der Waals surface area contributed by atoms with Crippen LogP contribution in [0.25, 0.3) is 0 Å². The van der Waals surface area contributed by atoms with Gasteiger partial charge in [0.25, 0.3) is 0 Å². The second kappa shape index (κ2) is 17.4. The fourth-order valence-electron chi connectivity index (χ4n) is 1.48. The van der Waals surface area contributed by atoms with Gasteiger partial charge in [-0.1, -0.05) is 0 Å². The Morgan fingerprint density at radius 2 is 0.739 bits per heavy atom. The van der Waals surface area contributed by atoms with E-state index in [1.807, 2.05) is 0 Å². The second-order valence-corrected chi connectivity index (χ2v) is 4.00. The van der Waals surface area contributed by atoms with Crippen molar-refractivity contribution in [2.45, 2.75) is 0 Å². The number of nitrogens with zero attached hydrogens (tertiary/aromatic N) is 2. The Balaban J connectivity index is -0.000000602. The molecule has 122 valence electrons. The second-order valence-electron chi connectivity index (χ2n) is 4.00. The average molecular weight is 367 g/mol. The maximum atomic E-state index is 10.6. The topological polar surface area (TPSA) is 156 Å². The normalized spacial score (nSPS) is 9.30. The van der Waals surface area contributed by atoms with Crippen molar-refractivity contribution in [3.05, 3.63) is 0 Å². The van der Waals surface area contributed by atoms with E-state index in [4.69, 9.17) is 20.4 Å². The zero-order valence-electron chi connectivity index (χ0n) is 10.6. The van der Waals surface area contributed by atoms with Crippen molar-refractivity contribution in [3.8, 4) is 0 Å². The van der Waals surface area contributed by atoms with Crippen LogP contribution < -0.4 is 0 Å². The Morgan fingerprint density at radius 1 is 0.565 bits per heavy atom. The summed E-state index contributed by atoms with van der Waals surface area (Å²) in [6.45, 7) is -2.25. The maximum absolute atomic E-state index is 10.6. The molecule has 0 heterocycles. The summed E-state index contributed by atoms with van der Waals surface area (Å²) >= 11 is 0. The summed E-state index contributed by atoms with van der Waals surface area (Å²) in [5.41, 5.74) is 0. The minimum absolute atomic E-state index is 0. The van der Waals surface area contributed by atoms with E-state index in [0.717, 1.165) is 9.80 Å². The van der Waals surface area contributed by atoms with Gasteiger partial charge in [-0.15, -0.1) is 0 Å². The van der Waals surface area contributed by atoms with Crippen LogP contribution in [0.15, 0.2) is 0 Å². The van der Waals surface area contributed by atoms with Crippen molar-refractivity contribution < 1.29 is 39.6 Å². The van der Waals surface area contributed by atoms with Gasteiger partial charge in [-0.05, 0) is 0 Å². The quantitative estimate of drug-likeness (QED) is 0.264. The molecule has 0 saturated heterocycles. The number of carboxylic acids is 4. The predicted molar refractivity (Wildman–Crippen MR) is 86.3 cm³/mol. The van der Waals surface area contributed by atoms with Gasteiger partial charge in [-0.25, -0.2) is 0 Å². The molecule has 0 aliphatic rings. The average Bonchev–Trinajstić information content (AvgIpc) is 2.22. The monoisotopic (exact) mass is 366 g/mol. The molecular formula is C10H20MgN2Na2O8. The van der Waals surface area contributed by atoms with E-state index in [0.29, 0.717) is 0 Å². The fraction of sp³-hybridized carbons (Fsp3) is 0.600. The molecule has 23 heavy (non-hydrogen) atoms. The van der Waals surface area contributed by atoms with E-state index < -0.39 is 50.1 Å². The SMILES string of the molecule is O=C(O)CN(CCN(CC(=O)O)CC(=O)O)CC(=O)O.[MgH2].[NaH].[NaH]. The van der Waals surface area contributed by atoms with Gasteiger partial charge in [0, 0.05) is 13.1 Å². The summed E-state index contributed by atoms with van der Waals surface area (Å²) in [6.07, 6.45) is 0. The zero-order chi connectivity index (χ0) is 15.7. The number of aliphatic carboxylic acids is 4. The summed E-state index contributed by atoms with van der Waals surface area (Å²) in [4.78, 5) is 44.4. The van der Waals surface area contributed by atoms with Crippen molar-refractivity contribution in [1.29, 1.82) is 0 Å². The van der Waals surface area contributed by atoms with Crippen molar-refractivity contribution in [2.24, 2.45) is 0 Å². The number of carbonyl (C=O) groups is 4. The standard InChI is InChI=1S/C10H16N2O8.Mg.2Na.4H/c13-7(14)3-11(4-8(15)16)1-2-12(5-9(17)18)6-10(19)20;;;;;;;/h1-6H2,(H,13,14)(H,15,16)(H,17,18)(H,19,20);;;;;;;. The number of carboxylic acid groups (broad SMARTS) is 4. The third-order valence-electron chi connectivity index (χ3n) is 2.17. The Bertz CT molecular complexity index is 331. The van der Waals surface area contributed by atoms with Crippen molar-refractivity contribution in [2.75, 3.05) is 39.3 Å². The van der Waals surface area contributed by atoms with Crippen LogP contribution in [0.2, 0.25) is 0 Å². The van der Waals surface area contributed by atoms with Crippen LogP contribution in [0.1, 0.15) is 0 Å². The Hall–Kier alpha value is 0.566. The van der Waals surface area contributed by atoms with Gasteiger partial charge in [0.2, 0.25) is 0 Å². The van der Waals surface area contributed by atoms with Crippen molar-refractivity contribution in [3.63, 3.8) is 0 Å². The molecule has 0 bridgehead atoms. The molecule has 0 aliphatic carbocycles. The molecule has 0 atom stereocenters. The van der Waals surface area contributed by atoms with Crippen LogP contribution in [-0.4, -0.2) is 176 Å². The minimum atomic E-state index is -1.23. The summed E-state index contributed by atoms with van der Waals surface area (Å²) in [6, 6.07) is 0. The fourth-order valence-corrected chi connectivity index (χ4v) is 1.48. The molecule has 0 amide bonds. The molecule has 4 N–H and O–H groups in total. The van der Waals surface area contributed by atoms with Crippen LogP contribution in [0.4, 0.5) is 0 Å². The van der Waals surface area contributed by atoms with Crippen LogP contribution in [-0.2, 0) is 19.2 Å². The first-order valence-corrected chi connectivity index (χ1v) is 5.52. The van der Waals surface area contributed by atoms with Crippen LogP contribution in [0, 0.1) is 0 Å². The van der Waals surface area contributed by atoms with E-state index in [1.165, 1.54) is 0 Å². The predicted octanol–water partition coefficient (Wildman–Crippen LogP) is -4.28. The molecule has 0 aromatic rings. The van der Waals surface area contributed by atoms with E-state index in [9.17, 15) is 19.2 Å². The number of rotatable bonds is 11. The van der Waals surface area contributed by atoms with E-state index >= 15 is 0 Å². The van der Waals surface area contributed by atoms with Gasteiger partial charge >= 0.3 is 106 Å². The Labute approximate surface area is 192 Å². The molecule has 13 heteroatoms. The van der Waals surface area contributed by atoms with Gasteiger partial charge in [0.1, 0.15) is 0 Å². The first-order valence-electron chi connectivity index (χ1n) is 5.52. The molecular weight excluding hydrogens is 346 g/mol. The molecule has 0 aromatic carbocycles. The van der Waals surface area contributed by atoms with E-state index in [1.54, 1.807) is 0 Å². The summed E-state index contributed by atoms with van der Waals surface area (Å²) in [5.74, 6) is -4.91. The molecule has 0 aliphatic heterocycles. The van der Waals surface area contributed by atoms with Crippen LogP contribution in [0.5, 0.6) is 0 Å². The molecule has 0 aromatic heterocycles. The van der Waals surface area contributed by atoms with Gasteiger partial charge in [-0.2, -0.15) is 0 Å². The molecule has 10 nitrogen and oxygen atoms in total. The Morgan fingerprint density at radius 3 is 0.870 bits per heavy atom. The third-order valence-corrected chi connectivity index (χ3v) is 2.17. The first-order chi connectivity index (χ1) is 9.20. The van der Waals surface area contributed by atoms with Gasteiger partial charge in [0.15, 0.2) is 0 Å². The van der Waals surface area contributed by atoms with Crippen molar-refractivity contribution >= 4 is 106 Å². The third kappa shape index (κ3) is 20.5. The number of hydrogen-bond acceptors (Lipinski definition) is 6. The molecule has 0 spiro atoms. The molecule has 0 saturated carbocycles. The first kappa shape index (κ1) is 31.3. The molecule has 0 fully saturated rings.